The van der Waals surface area contributed by atoms with Crippen molar-refractivity contribution in [2.45, 2.75) is 92.4 Å². The van der Waals surface area contributed by atoms with Crippen molar-refractivity contribution in [2.75, 3.05) is 44.6 Å². The van der Waals surface area contributed by atoms with Gasteiger partial charge in [0.05, 0.1) is 41.1 Å². The van der Waals surface area contributed by atoms with E-state index in [1.54, 1.807) is 23.9 Å². The first-order valence-electron chi connectivity index (χ1n) is 20.4. The first-order chi connectivity index (χ1) is 28.3. The van der Waals surface area contributed by atoms with Crippen molar-refractivity contribution in [3.8, 4) is 11.5 Å². The number of ether oxygens (including phenoxy) is 2. The van der Waals surface area contributed by atoms with Crippen LogP contribution in [0.5, 0.6) is 11.5 Å². The lowest BCUT2D eigenvalue weighted by Gasteiger charge is -2.47. The van der Waals surface area contributed by atoms with Crippen LogP contribution < -0.4 is 19.2 Å². The molecule has 2 aliphatic carbocycles. The lowest BCUT2D eigenvalue weighted by Crippen LogP contribution is -2.56. The zero-order chi connectivity index (χ0) is 41.7. The molecule has 2 saturated carbocycles. The highest BCUT2D eigenvalue weighted by molar-refractivity contribution is 9.10. The molecule has 0 saturated heterocycles. The number of amides is 1. The minimum Gasteiger partial charge on any atom is -0.492 e. The van der Waals surface area contributed by atoms with Gasteiger partial charge in [-0.2, -0.15) is 25.3 Å². The second kappa shape index (κ2) is 17.0. The maximum absolute atomic E-state index is 14.6. The highest BCUT2D eigenvalue weighted by Gasteiger charge is 2.61. The number of sulfonamides is 1. The number of nitrogens with one attached hydrogen (secondary N) is 1. The lowest BCUT2D eigenvalue weighted by atomic mass is 9.64. The van der Waals surface area contributed by atoms with Gasteiger partial charge < -0.3 is 28.8 Å². The summed E-state index contributed by atoms with van der Waals surface area (Å²) in [4.78, 5) is 22.0. The third-order valence-corrected chi connectivity index (χ3v) is 19.3. The van der Waals surface area contributed by atoms with Crippen LogP contribution in [0.2, 0.25) is 19.1 Å². The Hall–Kier alpha value is -3.12. The highest BCUT2D eigenvalue weighted by Crippen LogP contribution is 2.61. The Balaban J connectivity index is 1.21. The summed E-state index contributed by atoms with van der Waals surface area (Å²) in [6.45, 7) is 7.90. The van der Waals surface area contributed by atoms with Gasteiger partial charge in [-0.05, 0) is 95.5 Å². The quantitative estimate of drug-likeness (QED) is 0.0892. The number of hydrogen-bond acceptors (Lipinski definition) is 11. The van der Waals surface area contributed by atoms with Crippen LogP contribution in [-0.4, -0.2) is 95.4 Å². The smallest absolute Gasteiger partial charge is 0.277 e. The third-order valence-electron chi connectivity index (χ3n) is 12.4. The summed E-state index contributed by atoms with van der Waals surface area (Å²) in [6.07, 6.45) is 3.21. The van der Waals surface area contributed by atoms with Crippen LogP contribution in [0, 0.1) is 5.92 Å². The molecule has 316 valence electrons. The van der Waals surface area contributed by atoms with Crippen molar-refractivity contribution < 1.29 is 32.2 Å². The summed E-state index contributed by atoms with van der Waals surface area (Å²) in [6, 6.07) is 17.5. The molecule has 2 N–H and O–H groups in total. The SMILES string of the molecule is CC[Si](C)(C)OC[C@@H]1C[C@@]23c4c(cc(OCC5CC5)c(Br)c4O[C@@H]2CC(=NNS(=O)(=O)c2cccc4c(N(C)C)cccc24)C[C@H]3SCCO)CN1C(=O)c1cccs1. The molecule has 4 aliphatic rings. The molecule has 59 heavy (non-hydrogen) atoms. The third kappa shape index (κ3) is 8.31. The van der Waals surface area contributed by atoms with Gasteiger partial charge in [-0.15, -0.1) is 11.3 Å². The Morgan fingerprint density at radius 1 is 1.14 bits per heavy atom. The molecule has 4 aromatic rings. The number of carbonyl (C=O) groups excluding carboxylic acids is 1. The maximum Gasteiger partial charge on any atom is 0.277 e. The average Bonchev–Trinajstić information content (AvgIpc) is 3.80. The van der Waals surface area contributed by atoms with Crippen LogP contribution in [0.4, 0.5) is 5.69 Å². The number of nitrogens with zero attached hydrogens (tertiary/aromatic N) is 3. The molecule has 11 nitrogen and oxygen atoms in total. The van der Waals surface area contributed by atoms with E-state index in [1.807, 2.05) is 65.7 Å². The van der Waals surface area contributed by atoms with Gasteiger partial charge in [0, 0.05) is 72.2 Å². The Labute approximate surface area is 365 Å². The van der Waals surface area contributed by atoms with Crippen LogP contribution in [-0.2, 0) is 26.4 Å². The summed E-state index contributed by atoms with van der Waals surface area (Å²) in [5.74, 6) is 2.35. The van der Waals surface area contributed by atoms with E-state index in [0.717, 1.165) is 45.6 Å². The summed E-state index contributed by atoms with van der Waals surface area (Å²) < 4.78 is 49.3. The van der Waals surface area contributed by atoms with Crippen molar-refractivity contribution in [2.24, 2.45) is 11.0 Å². The van der Waals surface area contributed by atoms with Crippen molar-refractivity contribution in [1.82, 2.24) is 9.73 Å². The van der Waals surface area contributed by atoms with Gasteiger partial charge in [-0.1, -0.05) is 37.3 Å². The summed E-state index contributed by atoms with van der Waals surface area (Å²) in [5.41, 5.74) is 2.97. The molecule has 2 aliphatic heterocycles. The highest BCUT2D eigenvalue weighted by atomic mass is 79.9. The zero-order valence-corrected chi connectivity index (χ0v) is 39.2. The molecule has 8 rings (SSSR count). The van der Waals surface area contributed by atoms with Crippen LogP contribution in [0.1, 0.15) is 59.8 Å². The summed E-state index contributed by atoms with van der Waals surface area (Å²) in [5, 5.41) is 18.1. The molecule has 4 atom stereocenters. The van der Waals surface area contributed by atoms with Crippen LogP contribution >= 0.6 is 39.0 Å². The van der Waals surface area contributed by atoms with Gasteiger partial charge in [-0.3, -0.25) is 4.79 Å². The first kappa shape index (κ1) is 42.6. The minimum atomic E-state index is -4.08. The largest absolute Gasteiger partial charge is 0.492 e. The van der Waals surface area contributed by atoms with Crippen LogP contribution in [0.15, 0.2) is 74.4 Å². The van der Waals surface area contributed by atoms with Crippen molar-refractivity contribution in [3.63, 3.8) is 0 Å². The molecule has 1 amide bonds. The fourth-order valence-electron chi connectivity index (χ4n) is 8.78. The van der Waals surface area contributed by atoms with E-state index in [-0.39, 0.29) is 28.7 Å². The minimum absolute atomic E-state index is 0.0267. The van der Waals surface area contributed by atoms with E-state index < -0.39 is 29.9 Å². The number of rotatable bonds is 15. The standard InChI is InChI=1S/C43H53BrN4O7S3Si/c1-6-59(4,5)54-26-30-23-43-37(55-41-39(43)28(20-34(40(41)44)53-25-27-15-16-27)24-48(30)42(50)35-13-9-18-56-35)21-29(22-38(43)57-19-17-49)45-46-58(51,52)36-14-8-10-31-32(36)11-7-12-33(31)47(2)3/h7-14,18,20,27,30,37-38,46,49H,6,15-17,19,21-26H2,1-5H3/t30-,37+,38+,43+/m0/s1. The van der Waals surface area contributed by atoms with Gasteiger partial charge in [-0.25, -0.2) is 4.83 Å². The van der Waals surface area contributed by atoms with Crippen LogP contribution in [0.25, 0.3) is 10.8 Å². The van der Waals surface area contributed by atoms with Crippen LogP contribution in [0.3, 0.4) is 0 Å². The summed E-state index contributed by atoms with van der Waals surface area (Å²) >= 11 is 7.00. The van der Waals surface area contributed by atoms with Crippen molar-refractivity contribution in [1.29, 1.82) is 0 Å². The molecule has 0 bridgehead atoms. The molecular weight excluding hydrogens is 889 g/mol. The number of fused-ring (bicyclic) bond motifs is 1. The van der Waals surface area contributed by atoms with E-state index >= 15 is 0 Å². The van der Waals surface area contributed by atoms with E-state index in [9.17, 15) is 18.3 Å². The number of aliphatic hydroxyl groups is 1. The number of anilines is 1. The Morgan fingerprint density at radius 2 is 1.92 bits per heavy atom. The molecule has 16 heteroatoms. The number of halogens is 1. The van der Waals surface area contributed by atoms with Crippen molar-refractivity contribution in [3.05, 3.63) is 80.5 Å². The monoisotopic (exact) mass is 940 g/mol. The fourth-order valence-corrected chi connectivity index (χ4v) is 13.3. The Bertz CT molecular complexity index is 2360. The molecule has 1 aromatic heterocycles. The molecule has 1 spiro atoms. The van der Waals surface area contributed by atoms with E-state index in [4.69, 9.17) is 13.9 Å². The Morgan fingerprint density at radius 3 is 2.63 bits per heavy atom. The lowest BCUT2D eigenvalue weighted by molar-refractivity contribution is 0.0470. The van der Waals surface area contributed by atoms with Crippen molar-refractivity contribution >= 4 is 85.4 Å². The first-order valence-corrected chi connectivity index (χ1v) is 27.7. The predicted octanol–water partition coefficient (Wildman–Crippen LogP) is 8.40. The van der Waals surface area contributed by atoms with E-state index in [0.29, 0.717) is 78.2 Å². The molecular formula is C43H53BrN4O7S3Si. The van der Waals surface area contributed by atoms with E-state index in [2.05, 4.69) is 51.9 Å². The average molecular weight is 942 g/mol. The molecule has 3 heterocycles. The second-order valence-electron chi connectivity index (χ2n) is 16.9. The topological polar surface area (TPSA) is 130 Å². The fraction of sp³-hybridized carbons (Fsp3) is 0.488. The summed E-state index contributed by atoms with van der Waals surface area (Å²) in [7, 11) is -2.24. The van der Waals surface area contributed by atoms with Gasteiger partial charge in [0.15, 0.2) is 8.32 Å². The number of hydrazone groups is 1. The van der Waals surface area contributed by atoms with Gasteiger partial charge in [0.2, 0.25) is 0 Å². The zero-order valence-electron chi connectivity index (χ0n) is 34.2. The number of benzene rings is 3. The van der Waals surface area contributed by atoms with E-state index in [1.165, 1.54) is 11.3 Å². The number of hydrogen-bond donors (Lipinski definition) is 2. The number of thioether (sulfide) groups is 1. The predicted molar refractivity (Wildman–Crippen MR) is 244 cm³/mol. The molecule has 0 radical (unpaired) electrons. The molecule has 2 fully saturated rings. The Kier molecular flexibility index (Phi) is 12.2. The molecule has 3 aromatic carbocycles. The maximum atomic E-state index is 14.6. The normalized spacial score (nSPS) is 23.4. The van der Waals surface area contributed by atoms with Gasteiger partial charge in [0.1, 0.15) is 22.1 Å². The number of thiophene rings is 1. The number of aliphatic hydroxyl groups excluding tert-OH is 1. The van der Waals surface area contributed by atoms with Gasteiger partial charge >= 0.3 is 0 Å². The number of carbonyl (C=O) groups is 1. The second-order valence-corrected chi connectivity index (χ2v) is 26.1. The van der Waals surface area contributed by atoms with Gasteiger partial charge in [0.25, 0.3) is 15.9 Å². The molecule has 0 unspecified atom stereocenters.